The number of hydrogen-bond acceptors (Lipinski definition) is 3. The van der Waals surface area contributed by atoms with E-state index in [-0.39, 0.29) is 5.92 Å². The molecule has 106 valence electrons. The van der Waals surface area contributed by atoms with Crippen molar-refractivity contribution in [3.8, 4) is 0 Å². The van der Waals surface area contributed by atoms with Gasteiger partial charge in [0, 0.05) is 13.0 Å². The summed E-state index contributed by atoms with van der Waals surface area (Å²) in [6.45, 7) is 5.17. The van der Waals surface area contributed by atoms with Crippen LogP contribution >= 0.6 is 0 Å². The molecule has 1 saturated carbocycles. The number of hydrogen-bond donors (Lipinski definition) is 1. The number of aliphatic hydroxyl groups excluding tert-OH is 1. The number of aliphatic hydroxyl groups is 1. The number of methoxy groups -OCH3 is 1. The average Bonchev–Trinajstić information content (AvgIpc) is 2.59. The van der Waals surface area contributed by atoms with E-state index < -0.39 is 6.29 Å². The smallest absolute Gasteiger partial charge is 0.156 e. The van der Waals surface area contributed by atoms with Gasteiger partial charge >= 0.3 is 0 Å². The third-order valence-electron chi connectivity index (χ3n) is 5.15. The summed E-state index contributed by atoms with van der Waals surface area (Å²) in [5.41, 5.74) is 0. The van der Waals surface area contributed by atoms with Crippen LogP contribution in [-0.4, -0.2) is 31.2 Å². The molecule has 0 radical (unpaired) electrons. The SMILES string of the molecule is CO[C@H](O)[C@H](C)C1CCCC2CC[C@H](C)OCC21. The molecule has 0 spiro atoms. The second kappa shape index (κ2) is 6.36. The van der Waals surface area contributed by atoms with Crippen molar-refractivity contribution >= 4 is 0 Å². The molecule has 0 amide bonds. The van der Waals surface area contributed by atoms with E-state index in [1.807, 2.05) is 0 Å². The van der Waals surface area contributed by atoms with Gasteiger partial charge in [0.2, 0.25) is 0 Å². The Morgan fingerprint density at radius 1 is 1.22 bits per heavy atom. The third-order valence-corrected chi connectivity index (χ3v) is 5.15. The highest BCUT2D eigenvalue weighted by molar-refractivity contribution is 4.87. The molecule has 0 aromatic rings. The second-order valence-corrected chi connectivity index (χ2v) is 6.23. The molecule has 0 bridgehead atoms. The predicted molar refractivity (Wildman–Crippen MR) is 71.1 cm³/mol. The van der Waals surface area contributed by atoms with Crippen LogP contribution in [0, 0.1) is 23.7 Å². The lowest BCUT2D eigenvalue weighted by Gasteiger charge is -2.41. The van der Waals surface area contributed by atoms with Crippen molar-refractivity contribution in [2.75, 3.05) is 13.7 Å². The van der Waals surface area contributed by atoms with Crippen molar-refractivity contribution in [3.63, 3.8) is 0 Å². The van der Waals surface area contributed by atoms with Gasteiger partial charge in [-0.2, -0.15) is 0 Å². The monoisotopic (exact) mass is 256 g/mol. The van der Waals surface area contributed by atoms with Gasteiger partial charge in [0.15, 0.2) is 6.29 Å². The van der Waals surface area contributed by atoms with Crippen LogP contribution in [0.2, 0.25) is 0 Å². The van der Waals surface area contributed by atoms with Crippen LogP contribution in [-0.2, 0) is 9.47 Å². The van der Waals surface area contributed by atoms with Crippen molar-refractivity contribution in [1.29, 1.82) is 0 Å². The Labute approximate surface area is 111 Å². The molecule has 3 heteroatoms. The molecule has 0 aromatic carbocycles. The molecule has 2 rings (SSSR count). The Morgan fingerprint density at radius 2 is 2.00 bits per heavy atom. The maximum atomic E-state index is 9.93. The van der Waals surface area contributed by atoms with Gasteiger partial charge in [-0.3, -0.25) is 0 Å². The molecule has 1 aliphatic heterocycles. The highest BCUT2D eigenvalue weighted by atomic mass is 16.6. The highest BCUT2D eigenvalue weighted by Crippen LogP contribution is 2.43. The average molecular weight is 256 g/mol. The Bertz CT molecular complexity index is 254. The Kier molecular flexibility index (Phi) is 5.05. The summed E-state index contributed by atoms with van der Waals surface area (Å²) in [4.78, 5) is 0. The van der Waals surface area contributed by atoms with Crippen molar-refractivity contribution in [1.82, 2.24) is 0 Å². The maximum absolute atomic E-state index is 9.93. The van der Waals surface area contributed by atoms with E-state index in [9.17, 15) is 5.11 Å². The lowest BCUT2D eigenvalue weighted by Crippen LogP contribution is -2.39. The van der Waals surface area contributed by atoms with E-state index in [2.05, 4.69) is 13.8 Å². The summed E-state index contributed by atoms with van der Waals surface area (Å²) in [6, 6.07) is 0. The molecule has 2 fully saturated rings. The van der Waals surface area contributed by atoms with E-state index in [0.29, 0.717) is 17.9 Å². The standard InChI is InChI=1S/C15H28O3/c1-10-7-8-12-5-4-6-13(14(12)9-18-10)11(2)15(16)17-3/h10-16H,4-9H2,1-3H3/t10-,11+,12?,13?,14?,15-/m0/s1. The number of ether oxygens (including phenoxy) is 2. The van der Waals surface area contributed by atoms with E-state index in [4.69, 9.17) is 9.47 Å². The molecule has 1 saturated heterocycles. The van der Waals surface area contributed by atoms with E-state index >= 15 is 0 Å². The fourth-order valence-electron chi connectivity index (χ4n) is 3.90. The Balaban J connectivity index is 2.05. The van der Waals surface area contributed by atoms with Gasteiger partial charge in [0.1, 0.15) is 0 Å². The van der Waals surface area contributed by atoms with E-state index in [1.165, 1.54) is 32.1 Å². The number of rotatable bonds is 3. The first kappa shape index (κ1) is 14.3. The summed E-state index contributed by atoms with van der Waals surface area (Å²) in [5, 5.41) is 9.93. The van der Waals surface area contributed by atoms with Crippen molar-refractivity contribution in [2.45, 2.75) is 58.3 Å². The van der Waals surface area contributed by atoms with Gasteiger partial charge < -0.3 is 14.6 Å². The third kappa shape index (κ3) is 3.06. The summed E-state index contributed by atoms with van der Waals surface area (Å²) in [5.74, 6) is 2.16. The van der Waals surface area contributed by atoms with Gasteiger partial charge in [0.05, 0.1) is 12.7 Å². The molecule has 3 unspecified atom stereocenters. The first-order valence-electron chi connectivity index (χ1n) is 7.46. The molecular weight excluding hydrogens is 228 g/mol. The molecule has 6 atom stereocenters. The fraction of sp³-hybridized carbons (Fsp3) is 1.00. The Hall–Kier alpha value is -0.120. The van der Waals surface area contributed by atoms with Crippen LogP contribution < -0.4 is 0 Å². The zero-order chi connectivity index (χ0) is 13.1. The summed E-state index contributed by atoms with van der Waals surface area (Å²) in [6.07, 6.45) is 6.09. The van der Waals surface area contributed by atoms with Crippen LogP contribution in [0.15, 0.2) is 0 Å². The molecule has 3 nitrogen and oxygen atoms in total. The molecule has 2 aliphatic rings. The minimum Gasteiger partial charge on any atom is -0.378 e. The highest BCUT2D eigenvalue weighted by Gasteiger charge is 2.39. The van der Waals surface area contributed by atoms with E-state index in [0.717, 1.165) is 12.5 Å². The topological polar surface area (TPSA) is 38.7 Å². The first-order chi connectivity index (χ1) is 8.63. The van der Waals surface area contributed by atoms with Gasteiger partial charge in [-0.1, -0.05) is 19.8 Å². The second-order valence-electron chi connectivity index (χ2n) is 6.23. The summed E-state index contributed by atoms with van der Waals surface area (Å²) >= 11 is 0. The minimum atomic E-state index is -0.630. The van der Waals surface area contributed by atoms with Crippen molar-refractivity contribution < 1.29 is 14.6 Å². The fourth-order valence-corrected chi connectivity index (χ4v) is 3.90. The van der Waals surface area contributed by atoms with E-state index in [1.54, 1.807) is 7.11 Å². The van der Waals surface area contributed by atoms with Crippen LogP contribution in [0.5, 0.6) is 0 Å². The van der Waals surface area contributed by atoms with Crippen LogP contribution in [0.25, 0.3) is 0 Å². The molecule has 18 heavy (non-hydrogen) atoms. The predicted octanol–water partition coefficient (Wildman–Crippen LogP) is 2.82. The zero-order valence-electron chi connectivity index (χ0n) is 12.0. The Morgan fingerprint density at radius 3 is 2.72 bits per heavy atom. The molecular formula is C15H28O3. The molecule has 1 N–H and O–H groups in total. The molecule has 1 heterocycles. The zero-order valence-corrected chi connectivity index (χ0v) is 12.0. The lowest BCUT2D eigenvalue weighted by molar-refractivity contribution is -0.138. The van der Waals surface area contributed by atoms with Crippen LogP contribution in [0.1, 0.15) is 46.0 Å². The van der Waals surface area contributed by atoms with Crippen molar-refractivity contribution in [2.24, 2.45) is 23.7 Å². The van der Waals surface area contributed by atoms with Gasteiger partial charge in [-0.05, 0) is 43.9 Å². The van der Waals surface area contributed by atoms with Crippen molar-refractivity contribution in [3.05, 3.63) is 0 Å². The normalized spacial score (nSPS) is 40.7. The lowest BCUT2D eigenvalue weighted by atomic mass is 9.66. The molecule has 1 aliphatic carbocycles. The van der Waals surface area contributed by atoms with Gasteiger partial charge in [0.25, 0.3) is 0 Å². The van der Waals surface area contributed by atoms with Crippen LogP contribution in [0.3, 0.4) is 0 Å². The summed E-state index contributed by atoms with van der Waals surface area (Å²) in [7, 11) is 1.59. The van der Waals surface area contributed by atoms with Crippen LogP contribution in [0.4, 0.5) is 0 Å². The van der Waals surface area contributed by atoms with Gasteiger partial charge in [-0.25, -0.2) is 0 Å². The first-order valence-corrected chi connectivity index (χ1v) is 7.46. The minimum absolute atomic E-state index is 0.208. The maximum Gasteiger partial charge on any atom is 0.156 e. The summed E-state index contributed by atoms with van der Waals surface area (Å²) < 4.78 is 11.1. The molecule has 0 aromatic heterocycles. The quantitative estimate of drug-likeness (QED) is 0.789. The van der Waals surface area contributed by atoms with Gasteiger partial charge in [-0.15, -0.1) is 0 Å². The number of fused-ring (bicyclic) bond motifs is 1. The largest absolute Gasteiger partial charge is 0.378 e.